The molecule has 1 N–H and O–H groups in total. The molecule has 0 saturated heterocycles. The largest absolute Gasteiger partial charge is 0.354 e. The molecule has 0 aliphatic heterocycles. The van der Waals surface area contributed by atoms with Crippen LogP contribution in [0.5, 0.6) is 0 Å². The third kappa shape index (κ3) is 5.18. The van der Waals surface area contributed by atoms with Crippen LogP contribution in [0.1, 0.15) is 26.3 Å². The fourth-order valence-corrected chi connectivity index (χ4v) is 3.11. The lowest BCUT2D eigenvalue weighted by Crippen LogP contribution is -2.41. The molecule has 1 aromatic carbocycles. The Morgan fingerprint density at radius 1 is 1.32 bits per heavy atom. The monoisotopic (exact) mass is 346 g/mol. The number of aryl methyl sites for hydroxylation is 1. The standard InChI is InChI=1S/C15H23ClN2O3S/c1-11-10-12(16)6-7-13(11)18(22(5,20)21)9-8-17-14(19)15(2,3)4/h6-7,10H,8-9H2,1-5H3,(H,17,19). The number of nitrogens with zero attached hydrogens (tertiary/aromatic N) is 1. The van der Waals surface area contributed by atoms with E-state index in [4.69, 9.17) is 11.6 Å². The number of benzene rings is 1. The number of hydrogen-bond acceptors (Lipinski definition) is 3. The van der Waals surface area contributed by atoms with Crippen molar-refractivity contribution in [2.24, 2.45) is 5.41 Å². The molecule has 0 unspecified atom stereocenters. The first-order valence-electron chi connectivity index (χ1n) is 6.95. The topological polar surface area (TPSA) is 66.5 Å². The Kier molecular flexibility index (Phi) is 5.87. The van der Waals surface area contributed by atoms with Crippen LogP contribution >= 0.6 is 11.6 Å². The molecular formula is C15H23ClN2O3S. The van der Waals surface area contributed by atoms with Crippen LogP contribution in [-0.2, 0) is 14.8 Å². The molecule has 0 aromatic heterocycles. The van der Waals surface area contributed by atoms with E-state index in [2.05, 4.69) is 5.32 Å². The van der Waals surface area contributed by atoms with Gasteiger partial charge in [0.1, 0.15) is 0 Å². The van der Waals surface area contributed by atoms with Crippen molar-refractivity contribution in [3.05, 3.63) is 28.8 Å². The van der Waals surface area contributed by atoms with Crippen molar-refractivity contribution in [1.29, 1.82) is 0 Å². The second-order valence-electron chi connectivity index (χ2n) is 6.27. The number of hydrogen-bond donors (Lipinski definition) is 1. The van der Waals surface area contributed by atoms with Gasteiger partial charge in [-0.1, -0.05) is 32.4 Å². The molecule has 7 heteroatoms. The minimum Gasteiger partial charge on any atom is -0.354 e. The molecule has 0 spiro atoms. The number of carbonyl (C=O) groups is 1. The van der Waals surface area contributed by atoms with Gasteiger partial charge in [0.05, 0.1) is 18.5 Å². The number of anilines is 1. The van der Waals surface area contributed by atoms with Gasteiger partial charge >= 0.3 is 0 Å². The molecule has 1 aromatic rings. The maximum Gasteiger partial charge on any atom is 0.232 e. The first-order valence-corrected chi connectivity index (χ1v) is 9.17. The van der Waals surface area contributed by atoms with Crippen LogP contribution in [0.25, 0.3) is 0 Å². The van der Waals surface area contributed by atoms with Crippen LogP contribution in [0.4, 0.5) is 5.69 Å². The highest BCUT2D eigenvalue weighted by molar-refractivity contribution is 7.92. The molecule has 0 aliphatic rings. The van der Waals surface area contributed by atoms with Gasteiger partial charge < -0.3 is 5.32 Å². The Morgan fingerprint density at radius 3 is 2.36 bits per heavy atom. The van der Waals surface area contributed by atoms with Crippen LogP contribution in [0, 0.1) is 12.3 Å². The molecule has 22 heavy (non-hydrogen) atoms. The average Bonchev–Trinajstić information content (AvgIpc) is 2.33. The lowest BCUT2D eigenvalue weighted by molar-refractivity contribution is -0.128. The molecule has 124 valence electrons. The van der Waals surface area contributed by atoms with Crippen molar-refractivity contribution in [3.63, 3.8) is 0 Å². The normalized spacial score (nSPS) is 12.1. The summed E-state index contributed by atoms with van der Waals surface area (Å²) in [6.07, 6.45) is 1.15. The van der Waals surface area contributed by atoms with Gasteiger partial charge in [-0.3, -0.25) is 9.10 Å². The summed E-state index contributed by atoms with van der Waals surface area (Å²) in [7, 11) is -3.45. The van der Waals surface area contributed by atoms with Crippen LogP contribution in [0.2, 0.25) is 5.02 Å². The van der Waals surface area contributed by atoms with Gasteiger partial charge in [0.15, 0.2) is 0 Å². The summed E-state index contributed by atoms with van der Waals surface area (Å²) in [5.41, 5.74) is 0.823. The highest BCUT2D eigenvalue weighted by Crippen LogP contribution is 2.25. The van der Waals surface area contributed by atoms with Gasteiger partial charge in [0, 0.05) is 17.0 Å². The maximum absolute atomic E-state index is 12.0. The van der Waals surface area contributed by atoms with E-state index in [0.29, 0.717) is 10.7 Å². The zero-order valence-corrected chi connectivity index (χ0v) is 15.2. The Labute approximate surface area is 137 Å². The molecule has 1 amide bonds. The molecule has 1 rings (SSSR count). The molecule has 0 saturated carbocycles. The molecular weight excluding hydrogens is 324 g/mol. The predicted octanol–water partition coefficient (Wildman–Crippen LogP) is 2.58. The van der Waals surface area contributed by atoms with Gasteiger partial charge in [0.25, 0.3) is 0 Å². The average molecular weight is 347 g/mol. The Hall–Kier alpha value is -1.27. The van der Waals surface area contributed by atoms with Crippen molar-refractivity contribution in [2.75, 3.05) is 23.7 Å². The number of amides is 1. The van der Waals surface area contributed by atoms with E-state index >= 15 is 0 Å². The summed E-state index contributed by atoms with van der Waals surface area (Å²) in [5.74, 6) is -0.117. The summed E-state index contributed by atoms with van der Waals surface area (Å²) < 4.78 is 25.3. The molecule has 0 bridgehead atoms. The zero-order valence-electron chi connectivity index (χ0n) is 13.6. The van der Waals surface area contributed by atoms with Crippen LogP contribution in [0.15, 0.2) is 18.2 Å². The molecule has 0 radical (unpaired) electrons. The molecule has 0 heterocycles. The van der Waals surface area contributed by atoms with E-state index in [1.165, 1.54) is 4.31 Å². The van der Waals surface area contributed by atoms with Crippen molar-refractivity contribution in [2.45, 2.75) is 27.7 Å². The summed E-state index contributed by atoms with van der Waals surface area (Å²) >= 11 is 5.91. The maximum atomic E-state index is 12.0. The third-order valence-corrected chi connectivity index (χ3v) is 4.52. The lowest BCUT2D eigenvalue weighted by atomic mass is 9.96. The van der Waals surface area contributed by atoms with Crippen LogP contribution < -0.4 is 9.62 Å². The van der Waals surface area contributed by atoms with E-state index in [1.807, 2.05) is 0 Å². The van der Waals surface area contributed by atoms with Crippen molar-refractivity contribution in [1.82, 2.24) is 5.32 Å². The quantitative estimate of drug-likeness (QED) is 0.891. The summed E-state index contributed by atoms with van der Waals surface area (Å²) in [4.78, 5) is 11.8. The molecule has 5 nitrogen and oxygen atoms in total. The fourth-order valence-electron chi connectivity index (χ4n) is 1.90. The second kappa shape index (κ2) is 6.87. The first kappa shape index (κ1) is 18.8. The van der Waals surface area contributed by atoms with Crippen molar-refractivity contribution in [3.8, 4) is 0 Å². The Morgan fingerprint density at radius 2 is 1.91 bits per heavy atom. The van der Waals surface area contributed by atoms with E-state index < -0.39 is 15.4 Å². The summed E-state index contributed by atoms with van der Waals surface area (Å²) in [6.45, 7) is 7.63. The van der Waals surface area contributed by atoms with Gasteiger partial charge in [-0.25, -0.2) is 8.42 Å². The van der Waals surface area contributed by atoms with Crippen LogP contribution in [0.3, 0.4) is 0 Å². The smallest absolute Gasteiger partial charge is 0.232 e. The van der Waals surface area contributed by atoms with E-state index in [1.54, 1.807) is 45.9 Å². The number of sulfonamides is 1. The number of nitrogens with one attached hydrogen (secondary N) is 1. The number of rotatable bonds is 5. The minimum absolute atomic E-state index is 0.117. The number of carbonyl (C=O) groups excluding carboxylic acids is 1. The van der Waals surface area contributed by atoms with Gasteiger partial charge in [0.2, 0.25) is 15.9 Å². The third-order valence-electron chi connectivity index (χ3n) is 3.11. The molecule has 0 atom stereocenters. The second-order valence-corrected chi connectivity index (χ2v) is 8.62. The Balaban J connectivity index is 2.90. The predicted molar refractivity (Wildman–Crippen MR) is 90.8 cm³/mol. The molecule has 0 fully saturated rings. The van der Waals surface area contributed by atoms with E-state index in [0.717, 1.165) is 11.8 Å². The number of halogens is 1. The summed E-state index contributed by atoms with van der Waals surface area (Å²) in [6, 6.07) is 5.03. The lowest BCUT2D eigenvalue weighted by Gasteiger charge is -2.25. The SMILES string of the molecule is Cc1cc(Cl)ccc1N(CCNC(=O)C(C)(C)C)S(C)(=O)=O. The van der Waals surface area contributed by atoms with Crippen LogP contribution in [-0.4, -0.2) is 33.7 Å². The highest BCUT2D eigenvalue weighted by Gasteiger charge is 2.23. The van der Waals surface area contributed by atoms with Gasteiger partial charge in [-0.15, -0.1) is 0 Å². The minimum atomic E-state index is -3.45. The summed E-state index contributed by atoms with van der Waals surface area (Å²) in [5, 5.41) is 3.31. The zero-order chi connectivity index (χ0) is 17.1. The van der Waals surface area contributed by atoms with Gasteiger partial charge in [-0.2, -0.15) is 0 Å². The van der Waals surface area contributed by atoms with E-state index in [9.17, 15) is 13.2 Å². The molecule has 0 aliphatic carbocycles. The van der Waals surface area contributed by atoms with Crippen molar-refractivity contribution >= 4 is 33.2 Å². The van der Waals surface area contributed by atoms with Gasteiger partial charge in [-0.05, 0) is 30.7 Å². The Bertz CT molecular complexity index is 651. The first-order chi connectivity index (χ1) is 9.93. The fraction of sp³-hybridized carbons (Fsp3) is 0.533. The van der Waals surface area contributed by atoms with Crippen molar-refractivity contribution < 1.29 is 13.2 Å². The highest BCUT2D eigenvalue weighted by atomic mass is 35.5. The van der Waals surface area contributed by atoms with E-state index in [-0.39, 0.29) is 19.0 Å².